The van der Waals surface area contributed by atoms with Crippen molar-refractivity contribution in [1.82, 2.24) is 5.32 Å². The Hall–Kier alpha value is -1.13. The van der Waals surface area contributed by atoms with Crippen molar-refractivity contribution < 1.29 is 9.13 Å². The highest BCUT2D eigenvalue weighted by Gasteiger charge is 2.13. The van der Waals surface area contributed by atoms with E-state index < -0.39 is 0 Å². The van der Waals surface area contributed by atoms with Gasteiger partial charge in [0.2, 0.25) is 0 Å². The highest BCUT2D eigenvalue weighted by molar-refractivity contribution is 5.54. The van der Waals surface area contributed by atoms with Crippen molar-refractivity contribution in [2.75, 3.05) is 38.3 Å². The van der Waals surface area contributed by atoms with Crippen LogP contribution in [0.4, 0.5) is 10.1 Å². The molecular weight excluding hydrogens is 231 g/mol. The van der Waals surface area contributed by atoms with Gasteiger partial charge in [-0.1, -0.05) is 12.1 Å². The molecule has 102 valence electrons. The van der Waals surface area contributed by atoms with Gasteiger partial charge in [-0.15, -0.1) is 0 Å². The van der Waals surface area contributed by atoms with Gasteiger partial charge in [-0.2, -0.15) is 0 Å². The standard InChI is InChI=1S/C14H23FN2O/c1-4-17(5-2)14-12(7-6-8-13(14)15)11-16-9-10-18-3/h6-8,16H,4-5,9-11H2,1-3H3. The summed E-state index contributed by atoms with van der Waals surface area (Å²) in [5, 5.41) is 3.25. The number of rotatable bonds is 8. The van der Waals surface area contributed by atoms with Gasteiger partial charge in [-0.25, -0.2) is 4.39 Å². The lowest BCUT2D eigenvalue weighted by Gasteiger charge is -2.24. The van der Waals surface area contributed by atoms with Crippen molar-refractivity contribution in [3.8, 4) is 0 Å². The Balaban J connectivity index is 2.79. The van der Waals surface area contributed by atoms with Gasteiger partial charge in [0.05, 0.1) is 12.3 Å². The van der Waals surface area contributed by atoms with E-state index in [1.807, 2.05) is 24.8 Å². The molecule has 0 amide bonds. The number of hydrogen-bond acceptors (Lipinski definition) is 3. The van der Waals surface area contributed by atoms with Crippen LogP contribution in [-0.2, 0) is 11.3 Å². The second kappa shape index (κ2) is 8.06. The summed E-state index contributed by atoms with van der Waals surface area (Å²) in [5.74, 6) is -0.148. The lowest BCUT2D eigenvalue weighted by molar-refractivity contribution is 0.199. The van der Waals surface area contributed by atoms with E-state index in [2.05, 4.69) is 5.32 Å². The molecule has 0 radical (unpaired) electrons. The molecule has 0 unspecified atom stereocenters. The first-order valence-electron chi connectivity index (χ1n) is 6.46. The normalized spacial score (nSPS) is 10.7. The fourth-order valence-corrected chi connectivity index (χ4v) is 1.99. The Morgan fingerprint density at radius 3 is 2.61 bits per heavy atom. The van der Waals surface area contributed by atoms with Crippen LogP contribution in [0.15, 0.2) is 18.2 Å². The van der Waals surface area contributed by atoms with E-state index in [0.717, 1.165) is 25.2 Å². The molecule has 1 N–H and O–H groups in total. The smallest absolute Gasteiger partial charge is 0.146 e. The Labute approximate surface area is 109 Å². The molecule has 0 spiro atoms. The van der Waals surface area contributed by atoms with Crippen LogP contribution >= 0.6 is 0 Å². The number of halogens is 1. The lowest BCUT2D eigenvalue weighted by Crippen LogP contribution is -2.26. The molecule has 0 aliphatic rings. The highest BCUT2D eigenvalue weighted by Crippen LogP contribution is 2.24. The van der Waals surface area contributed by atoms with Crippen LogP contribution in [-0.4, -0.2) is 33.4 Å². The molecule has 0 saturated heterocycles. The van der Waals surface area contributed by atoms with Crippen LogP contribution < -0.4 is 10.2 Å². The number of ether oxygens (including phenoxy) is 1. The molecular formula is C14H23FN2O. The molecule has 0 heterocycles. The first kappa shape index (κ1) is 14.9. The average molecular weight is 254 g/mol. The van der Waals surface area contributed by atoms with Crippen LogP contribution in [0.1, 0.15) is 19.4 Å². The molecule has 1 rings (SSSR count). The number of nitrogens with one attached hydrogen (secondary N) is 1. The number of para-hydroxylation sites is 1. The SMILES string of the molecule is CCN(CC)c1c(F)cccc1CNCCOC. The third-order valence-corrected chi connectivity index (χ3v) is 2.95. The summed E-state index contributed by atoms with van der Waals surface area (Å²) >= 11 is 0. The van der Waals surface area contributed by atoms with E-state index >= 15 is 0 Å². The number of nitrogens with zero attached hydrogens (tertiary/aromatic N) is 1. The zero-order chi connectivity index (χ0) is 13.4. The molecule has 4 heteroatoms. The van der Waals surface area contributed by atoms with Crippen molar-refractivity contribution >= 4 is 5.69 Å². The molecule has 18 heavy (non-hydrogen) atoms. The van der Waals surface area contributed by atoms with Crippen molar-refractivity contribution in [3.05, 3.63) is 29.6 Å². The summed E-state index contributed by atoms with van der Waals surface area (Å²) < 4.78 is 18.9. The molecule has 0 aromatic heterocycles. The molecule has 1 aromatic rings. The average Bonchev–Trinajstić information content (AvgIpc) is 2.38. The van der Waals surface area contributed by atoms with Crippen LogP contribution in [0, 0.1) is 5.82 Å². The zero-order valence-corrected chi connectivity index (χ0v) is 11.5. The maximum atomic E-state index is 14.0. The molecule has 0 bridgehead atoms. The summed E-state index contributed by atoms with van der Waals surface area (Å²) in [4.78, 5) is 2.04. The number of benzene rings is 1. The molecule has 3 nitrogen and oxygen atoms in total. The van der Waals surface area contributed by atoms with E-state index in [1.165, 1.54) is 6.07 Å². The topological polar surface area (TPSA) is 24.5 Å². The lowest BCUT2D eigenvalue weighted by atomic mass is 10.1. The van der Waals surface area contributed by atoms with Gasteiger partial charge >= 0.3 is 0 Å². The maximum absolute atomic E-state index is 14.0. The summed E-state index contributed by atoms with van der Waals surface area (Å²) in [7, 11) is 1.67. The highest BCUT2D eigenvalue weighted by atomic mass is 19.1. The van der Waals surface area contributed by atoms with E-state index in [9.17, 15) is 4.39 Å². The second-order valence-corrected chi connectivity index (χ2v) is 4.09. The quantitative estimate of drug-likeness (QED) is 0.721. The fourth-order valence-electron chi connectivity index (χ4n) is 1.99. The second-order valence-electron chi connectivity index (χ2n) is 4.09. The van der Waals surface area contributed by atoms with Crippen LogP contribution in [0.3, 0.4) is 0 Å². The van der Waals surface area contributed by atoms with Crippen LogP contribution in [0.25, 0.3) is 0 Å². The predicted molar refractivity (Wildman–Crippen MR) is 73.5 cm³/mol. The van der Waals surface area contributed by atoms with Gasteiger partial charge in [0.1, 0.15) is 5.82 Å². The third-order valence-electron chi connectivity index (χ3n) is 2.95. The van der Waals surface area contributed by atoms with Gasteiger partial charge < -0.3 is 15.0 Å². The maximum Gasteiger partial charge on any atom is 0.146 e. The largest absolute Gasteiger partial charge is 0.383 e. The number of hydrogen-bond donors (Lipinski definition) is 1. The first-order valence-corrected chi connectivity index (χ1v) is 6.46. The van der Waals surface area contributed by atoms with E-state index in [0.29, 0.717) is 18.8 Å². The Morgan fingerprint density at radius 2 is 2.00 bits per heavy atom. The number of anilines is 1. The van der Waals surface area contributed by atoms with Gasteiger partial charge in [0, 0.05) is 33.3 Å². The third kappa shape index (κ3) is 3.96. The molecule has 0 aliphatic heterocycles. The molecule has 1 aromatic carbocycles. The Bertz CT molecular complexity index is 354. The summed E-state index contributed by atoms with van der Waals surface area (Å²) in [6, 6.07) is 5.25. The van der Waals surface area contributed by atoms with Gasteiger partial charge in [0.25, 0.3) is 0 Å². The van der Waals surface area contributed by atoms with Crippen molar-refractivity contribution in [3.63, 3.8) is 0 Å². The van der Waals surface area contributed by atoms with Gasteiger partial charge in [-0.3, -0.25) is 0 Å². The Kier molecular flexibility index (Phi) is 6.68. The van der Waals surface area contributed by atoms with Crippen molar-refractivity contribution in [1.29, 1.82) is 0 Å². The monoisotopic (exact) mass is 254 g/mol. The molecule has 0 atom stereocenters. The number of methoxy groups -OCH3 is 1. The minimum Gasteiger partial charge on any atom is -0.383 e. The van der Waals surface area contributed by atoms with E-state index in [1.54, 1.807) is 13.2 Å². The van der Waals surface area contributed by atoms with Crippen LogP contribution in [0.2, 0.25) is 0 Å². The zero-order valence-electron chi connectivity index (χ0n) is 11.5. The minimum atomic E-state index is -0.148. The summed E-state index contributed by atoms with van der Waals surface area (Å²) in [6.45, 7) is 7.79. The fraction of sp³-hybridized carbons (Fsp3) is 0.571. The van der Waals surface area contributed by atoms with E-state index in [4.69, 9.17) is 4.74 Å². The van der Waals surface area contributed by atoms with Crippen LogP contribution in [0.5, 0.6) is 0 Å². The van der Waals surface area contributed by atoms with Crippen molar-refractivity contribution in [2.45, 2.75) is 20.4 Å². The summed E-state index contributed by atoms with van der Waals surface area (Å²) in [6.07, 6.45) is 0. The molecule has 0 saturated carbocycles. The molecule has 0 fully saturated rings. The summed E-state index contributed by atoms with van der Waals surface area (Å²) in [5.41, 5.74) is 1.71. The van der Waals surface area contributed by atoms with Gasteiger partial charge in [-0.05, 0) is 25.5 Å². The molecule has 0 aliphatic carbocycles. The van der Waals surface area contributed by atoms with Crippen molar-refractivity contribution in [2.24, 2.45) is 0 Å². The minimum absolute atomic E-state index is 0.148. The van der Waals surface area contributed by atoms with Gasteiger partial charge in [0.15, 0.2) is 0 Å². The first-order chi connectivity index (χ1) is 8.74. The van der Waals surface area contributed by atoms with E-state index in [-0.39, 0.29) is 5.82 Å². The Morgan fingerprint density at radius 1 is 1.28 bits per heavy atom. The predicted octanol–water partition coefficient (Wildman–Crippen LogP) is 2.41.